The zero-order chi connectivity index (χ0) is 14.5. The highest BCUT2D eigenvalue weighted by Gasteiger charge is 2.24. The topological polar surface area (TPSA) is 66.8 Å². The highest BCUT2D eigenvalue weighted by Crippen LogP contribution is 2.20. The van der Waals surface area contributed by atoms with Crippen molar-refractivity contribution < 1.29 is 19.4 Å². The van der Waals surface area contributed by atoms with Gasteiger partial charge in [-0.3, -0.25) is 14.5 Å². The van der Waals surface area contributed by atoms with E-state index in [4.69, 9.17) is 9.84 Å². The molecule has 0 unspecified atom stereocenters. The molecule has 0 atom stereocenters. The smallest absolute Gasteiger partial charge is 0.308 e. The number of ether oxygens (including phenoxy) is 1. The molecule has 1 fully saturated rings. The molecular formula is C15H19NO4. The Morgan fingerprint density at radius 3 is 2.35 bits per heavy atom. The monoisotopic (exact) mass is 277 g/mol. The largest absolute Gasteiger partial charge is 0.481 e. The minimum absolute atomic E-state index is 0.197. The summed E-state index contributed by atoms with van der Waals surface area (Å²) in [6, 6.07) is 7.42. The predicted molar refractivity (Wildman–Crippen MR) is 73.4 cm³/mol. The van der Waals surface area contributed by atoms with Crippen LogP contribution in [0.3, 0.4) is 0 Å². The fraction of sp³-hybridized carbons (Fsp3) is 0.467. The van der Waals surface area contributed by atoms with Crippen LogP contribution in [0.15, 0.2) is 24.3 Å². The van der Waals surface area contributed by atoms with Crippen molar-refractivity contribution in [3.63, 3.8) is 0 Å². The van der Waals surface area contributed by atoms with E-state index in [2.05, 4.69) is 4.90 Å². The summed E-state index contributed by atoms with van der Waals surface area (Å²) < 4.78 is 4.98. The molecule has 108 valence electrons. The molecule has 0 amide bonds. The van der Waals surface area contributed by atoms with Gasteiger partial charge in [-0.05, 0) is 43.6 Å². The summed E-state index contributed by atoms with van der Waals surface area (Å²) in [5, 5.41) is 8.96. The lowest BCUT2D eigenvalue weighted by Gasteiger charge is -2.30. The van der Waals surface area contributed by atoms with Gasteiger partial charge in [0.2, 0.25) is 0 Å². The Bertz CT molecular complexity index is 475. The molecule has 1 aromatic rings. The van der Waals surface area contributed by atoms with Gasteiger partial charge in [0.15, 0.2) is 0 Å². The number of carboxylic acids is 1. The number of carbonyl (C=O) groups is 2. The Labute approximate surface area is 118 Å². The third-order valence-electron chi connectivity index (χ3n) is 3.53. The molecule has 5 nitrogen and oxygen atoms in total. The molecule has 1 N–H and O–H groups in total. The third-order valence-corrected chi connectivity index (χ3v) is 3.53. The second-order valence-electron chi connectivity index (χ2n) is 5.13. The van der Waals surface area contributed by atoms with Crippen molar-refractivity contribution in [3.05, 3.63) is 29.8 Å². The highest BCUT2D eigenvalue weighted by atomic mass is 16.5. The van der Waals surface area contributed by atoms with E-state index in [1.54, 1.807) is 12.1 Å². The Hall–Kier alpha value is -1.88. The van der Waals surface area contributed by atoms with Crippen molar-refractivity contribution >= 4 is 11.9 Å². The molecule has 1 aliphatic heterocycles. The van der Waals surface area contributed by atoms with Crippen LogP contribution in [0.4, 0.5) is 0 Å². The normalized spacial score (nSPS) is 16.9. The van der Waals surface area contributed by atoms with E-state index in [1.165, 1.54) is 6.92 Å². The number of carbonyl (C=O) groups excluding carboxylic acids is 1. The molecule has 0 bridgehead atoms. The van der Waals surface area contributed by atoms with E-state index in [-0.39, 0.29) is 11.9 Å². The molecule has 1 aromatic carbocycles. The van der Waals surface area contributed by atoms with Crippen molar-refractivity contribution in [2.45, 2.75) is 26.3 Å². The second-order valence-corrected chi connectivity index (χ2v) is 5.13. The number of esters is 1. The molecule has 0 radical (unpaired) electrons. The fourth-order valence-corrected chi connectivity index (χ4v) is 2.43. The van der Waals surface area contributed by atoms with Gasteiger partial charge in [0.05, 0.1) is 5.92 Å². The zero-order valence-electron chi connectivity index (χ0n) is 11.5. The van der Waals surface area contributed by atoms with Crippen LogP contribution in [-0.2, 0) is 16.1 Å². The van der Waals surface area contributed by atoms with Gasteiger partial charge < -0.3 is 9.84 Å². The van der Waals surface area contributed by atoms with E-state index in [0.717, 1.165) is 25.2 Å². The van der Waals surface area contributed by atoms with Crippen LogP contribution in [0, 0.1) is 5.92 Å². The van der Waals surface area contributed by atoms with Gasteiger partial charge >= 0.3 is 11.9 Å². The molecular weight excluding hydrogens is 258 g/mol. The maximum atomic E-state index is 10.9. The predicted octanol–water partition coefficient (Wildman–Crippen LogP) is 1.91. The molecule has 5 heteroatoms. The van der Waals surface area contributed by atoms with Crippen molar-refractivity contribution in [2.24, 2.45) is 5.92 Å². The SMILES string of the molecule is CC(=O)Oc1ccc(CN2CCC(C(=O)O)CC2)cc1. The second kappa shape index (κ2) is 6.52. The number of aliphatic carboxylic acids is 1. The van der Waals surface area contributed by atoms with Crippen LogP contribution in [0.25, 0.3) is 0 Å². The van der Waals surface area contributed by atoms with Crippen molar-refractivity contribution in [3.8, 4) is 5.75 Å². The minimum atomic E-state index is -0.685. The third kappa shape index (κ3) is 4.06. The summed E-state index contributed by atoms with van der Waals surface area (Å²) in [6.45, 7) is 3.79. The number of hydrogen-bond acceptors (Lipinski definition) is 4. The van der Waals surface area contributed by atoms with Crippen LogP contribution in [-0.4, -0.2) is 35.0 Å². The first-order valence-electron chi connectivity index (χ1n) is 6.77. The average Bonchev–Trinajstić information content (AvgIpc) is 2.41. The van der Waals surface area contributed by atoms with Crippen molar-refractivity contribution in [1.29, 1.82) is 0 Å². The molecule has 1 aliphatic rings. The highest BCUT2D eigenvalue weighted by molar-refractivity contribution is 5.70. The van der Waals surface area contributed by atoms with Gasteiger partial charge in [0.25, 0.3) is 0 Å². The van der Waals surface area contributed by atoms with Crippen LogP contribution >= 0.6 is 0 Å². The maximum Gasteiger partial charge on any atom is 0.308 e. The van der Waals surface area contributed by atoms with Crippen molar-refractivity contribution in [2.75, 3.05) is 13.1 Å². The quantitative estimate of drug-likeness (QED) is 0.672. The van der Waals surface area contributed by atoms with Crippen LogP contribution < -0.4 is 4.74 Å². The van der Waals surface area contributed by atoms with E-state index >= 15 is 0 Å². The first-order chi connectivity index (χ1) is 9.54. The summed E-state index contributed by atoms with van der Waals surface area (Å²) >= 11 is 0. The van der Waals surface area contributed by atoms with E-state index < -0.39 is 5.97 Å². The van der Waals surface area contributed by atoms with Gasteiger partial charge in [-0.1, -0.05) is 12.1 Å². The van der Waals surface area contributed by atoms with E-state index in [1.807, 2.05) is 12.1 Å². The molecule has 20 heavy (non-hydrogen) atoms. The fourth-order valence-electron chi connectivity index (χ4n) is 2.43. The summed E-state index contributed by atoms with van der Waals surface area (Å²) in [5.41, 5.74) is 1.13. The summed E-state index contributed by atoms with van der Waals surface area (Å²) in [6.07, 6.45) is 1.42. The summed E-state index contributed by atoms with van der Waals surface area (Å²) in [5.74, 6) is -0.660. The standard InChI is InChI=1S/C15H19NO4/c1-11(17)20-14-4-2-12(3-5-14)10-16-8-6-13(7-9-16)15(18)19/h2-5,13H,6-10H2,1H3,(H,18,19). The Morgan fingerprint density at radius 2 is 1.85 bits per heavy atom. The Morgan fingerprint density at radius 1 is 1.25 bits per heavy atom. The minimum Gasteiger partial charge on any atom is -0.481 e. The maximum absolute atomic E-state index is 10.9. The van der Waals surface area contributed by atoms with Gasteiger partial charge in [-0.2, -0.15) is 0 Å². The lowest BCUT2D eigenvalue weighted by atomic mass is 9.97. The molecule has 1 saturated heterocycles. The van der Waals surface area contributed by atoms with E-state index in [0.29, 0.717) is 18.6 Å². The molecule has 0 saturated carbocycles. The Balaban J connectivity index is 1.85. The Kier molecular flexibility index (Phi) is 4.74. The molecule has 0 spiro atoms. The zero-order valence-corrected chi connectivity index (χ0v) is 11.5. The molecule has 0 aromatic heterocycles. The molecule has 0 aliphatic carbocycles. The number of likely N-dealkylation sites (tertiary alicyclic amines) is 1. The first kappa shape index (κ1) is 14.5. The van der Waals surface area contributed by atoms with Crippen LogP contribution in [0.2, 0.25) is 0 Å². The first-order valence-corrected chi connectivity index (χ1v) is 6.77. The van der Waals surface area contributed by atoms with Crippen LogP contribution in [0.5, 0.6) is 5.75 Å². The lowest BCUT2D eigenvalue weighted by molar-refractivity contribution is -0.143. The van der Waals surface area contributed by atoms with E-state index in [9.17, 15) is 9.59 Å². The average molecular weight is 277 g/mol. The number of nitrogens with zero attached hydrogens (tertiary/aromatic N) is 1. The molecule has 1 heterocycles. The van der Waals surface area contributed by atoms with Gasteiger partial charge in [-0.25, -0.2) is 0 Å². The summed E-state index contributed by atoms with van der Waals surface area (Å²) in [4.78, 5) is 24.0. The van der Waals surface area contributed by atoms with Gasteiger partial charge in [0, 0.05) is 13.5 Å². The molecule has 2 rings (SSSR count). The number of carboxylic acid groups (broad SMARTS) is 1. The number of benzene rings is 1. The van der Waals surface area contributed by atoms with Crippen LogP contribution in [0.1, 0.15) is 25.3 Å². The lowest BCUT2D eigenvalue weighted by Crippen LogP contribution is -2.35. The number of rotatable bonds is 4. The van der Waals surface area contributed by atoms with Crippen molar-refractivity contribution in [1.82, 2.24) is 4.90 Å². The number of hydrogen-bond donors (Lipinski definition) is 1. The summed E-state index contributed by atoms with van der Waals surface area (Å²) in [7, 11) is 0. The number of piperidine rings is 1. The van der Waals surface area contributed by atoms with Gasteiger partial charge in [-0.15, -0.1) is 0 Å². The van der Waals surface area contributed by atoms with Gasteiger partial charge in [0.1, 0.15) is 5.75 Å².